The smallest absolute Gasteiger partial charge is 0.151 e. The standard InChI is InChI=1S/C24H24BBrClN5/c25-20-14-28-32-23(13-22(30-24(20)32)19-3-1-2-4-21(19)27)29-18-9-11-31(12-10-18)15-16-5-7-17(26)8-6-16/h1-8,13-14,18,29H,9-12,15,25H2. The van der Waals surface area contributed by atoms with Crippen LogP contribution in [0, 0.1) is 0 Å². The summed E-state index contributed by atoms with van der Waals surface area (Å²) in [6.07, 6.45) is 4.04. The molecule has 4 aromatic rings. The van der Waals surface area contributed by atoms with E-state index in [1.54, 1.807) is 0 Å². The van der Waals surface area contributed by atoms with Crippen molar-refractivity contribution in [2.24, 2.45) is 0 Å². The first kappa shape index (κ1) is 21.5. The number of fused-ring (bicyclic) bond motifs is 1. The normalized spacial score (nSPS) is 15.3. The molecule has 5 nitrogen and oxygen atoms in total. The van der Waals surface area contributed by atoms with E-state index in [1.165, 1.54) is 5.56 Å². The maximum atomic E-state index is 6.47. The first-order valence-electron chi connectivity index (χ1n) is 10.9. The van der Waals surface area contributed by atoms with Gasteiger partial charge in [0.2, 0.25) is 0 Å². The summed E-state index contributed by atoms with van der Waals surface area (Å²) < 4.78 is 3.03. The van der Waals surface area contributed by atoms with Crippen molar-refractivity contribution in [3.05, 3.63) is 75.9 Å². The average molecular weight is 509 g/mol. The zero-order valence-corrected chi connectivity index (χ0v) is 20.3. The van der Waals surface area contributed by atoms with Crippen LogP contribution in [0.5, 0.6) is 0 Å². The Labute approximate surface area is 202 Å². The molecule has 0 amide bonds. The quantitative estimate of drug-likeness (QED) is 0.412. The summed E-state index contributed by atoms with van der Waals surface area (Å²) in [5.74, 6) is 0.962. The number of piperidine rings is 1. The van der Waals surface area contributed by atoms with Crippen LogP contribution in [-0.2, 0) is 6.54 Å². The largest absolute Gasteiger partial charge is 0.367 e. The van der Waals surface area contributed by atoms with E-state index < -0.39 is 0 Å². The highest BCUT2D eigenvalue weighted by Crippen LogP contribution is 2.29. The minimum Gasteiger partial charge on any atom is -0.367 e. The first-order chi connectivity index (χ1) is 15.6. The van der Waals surface area contributed by atoms with Crippen LogP contribution in [0.25, 0.3) is 16.9 Å². The Hall–Kier alpha value is -2.35. The van der Waals surface area contributed by atoms with Crippen molar-refractivity contribution in [1.82, 2.24) is 19.5 Å². The second kappa shape index (κ2) is 9.26. The predicted molar refractivity (Wildman–Crippen MR) is 138 cm³/mol. The molecule has 1 fully saturated rings. The molecule has 0 aliphatic carbocycles. The van der Waals surface area contributed by atoms with Crippen LogP contribution in [0.4, 0.5) is 5.82 Å². The lowest BCUT2D eigenvalue weighted by molar-refractivity contribution is 0.211. The van der Waals surface area contributed by atoms with E-state index >= 15 is 0 Å². The number of benzene rings is 2. The molecule has 1 aliphatic heterocycles. The van der Waals surface area contributed by atoms with E-state index in [4.69, 9.17) is 16.6 Å². The minimum absolute atomic E-state index is 0.394. The van der Waals surface area contributed by atoms with Crippen LogP contribution in [0.3, 0.4) is 0 Å². The molecule has 1 aliphatic rings. The number of hydrogen-bond donors (Lipinski definition) is 1. The molecule has 2 aromatic heterocycles. The highest BCUT2D eigenvalue weighted by atomic mass is 79.9. The minimum atomic E-state index is 0.394. The lowest BCUT2D eigenvalue weighted by Gasteiger charge is -2.33. The van der Waals surface area contributed by atoms with Crippen molar-refractivity contribution in [1.29, 1.82) is 0 Å². The molecular weight excluding hydrogens is 484 g/mol. The molecule has 1 N–H and O–H groups in total. The second-order valence-electron chi connectivity index (χ2n) is 8.39. The van der Waals surface area contributed by atoms with Gasteiger partial charge in [0.15, 0.2) is 5.65 Å². The fourth-order valence-electron chi connectivity index (χ4n) is 4.27. The second-order valence-corrected chi connectivity index (χ2v) is 9.71. The molecule has 0 spiro atoms. The summed E-state index contributed by atoms with van der Waals surface area (Å²) in [5, 5.41) is 9.01. The van der Waals surface area contributed by atoms with Gasteiger partial charge in [0, 0.05) is 53.0 Å². The third-order valence-electron chi connectivity index (χ3n) is 6.06. The highest BCUT2D eigenvalue weighted by molar-refractivity contribution is 9.10. The van der Waals surface area contributed by atoms with E-state index in [2.05, 4.69) is 61.6 Å². The number of nitrogens with one attached hydrogen (secondary N) is 1. The molecule has 2 aromatic carbocycles. The maximum absolute atomic E-state index is 6.47. The Bertz CT molecular complexity index is 1240. The van der Waals surface area contributed by atoms with Crippen molar-refractivity contribution >= 4 is 52.3 Å². The first-order valence-corrected chi connectivity index (χ1v) is 12.1. The summed E-state index contributed by atoms with van der Waals surface area (Å²) >= 11 is 9.98. The third-order valence-corrected chi connectivity index (χ3v) is 6.92. The molecule has 0 radical (unpaired) electrons. The van der Waals surface area contributed by atoms with Gasteiger partial charge in [-0.3, -0.25) is 4.90 Å². The van der Waals surface area contributed by atoms with Crippen molar-refractivity contribution in [3.8, 4) is 11.3 Å². The van der Waals surface area contributed by atoms with Crippen LogP contribution >= 0.6 is 27.5 Å². The van der Waals surface area contributed by atoms with Gasteiger partial charge in [0.25, 0.3) is 0 Å². The maximum Gasteiger partial charge on any atom is 0.151 e. The number of halogens is 2. The zero-order chi connectivity index (χ0) is 22.1. The van der Waals surface area contributed by atoms with Gasteiger partial charge < -0.3 is 5.32 Å². The molecule has 0 unspecified atom stereocenters. The van der Waals surface area contributed by atoms with Crippen LogP contribution < -0.4 is 10.8 Å². The molecule has 32 heavy (non-hydrogen) atoms. The van der Waals surface area contributed by atoms with Crippen LogP contribution in [0.15, 0.2) is 65.3 Å². The highest BCUT2D eigenvalue weighted by Gasteiger charge is 2.21. The van der Waals surface area contributed by atoms with Gasteiger partial charge in [-0.2, -0.15) is 9.61 Å². The Kier molecular flexibility index (Phi) is 6.22. The number of rotatable bonds is 5. The monoisotopic (exact) mass is 507 g/mol. The summed E-state index contributed by atoms with van der Waals surface area (Å²) in [5.41, 5.74) is 5.06. The Morgan fingerprint density at radius 2 is 1.84 bits per heavy atom. The number of likely N-dealkylation sites (tertiary alicyclic amines) is 1. The van der Waals surface area contributed by atoms with Crippen LogP contribution in [-0.4, -0.2) is 46.5 Å². The van der Waals surface area contributed by atoms with E-state index in [0.29, 0.717) is 11.1 Å². The Balaban J connectivity index is 1.33. The molecule has 3 heterocycles. The van der Waals surface area contributed by atoms with Gasteiger partial charge in [0.1, 0.15) is 13.7 Å². The lowest BCUT2D eigenvalue weighted by Crippen LogP contribution is -2.39. The fourth-order valence-corrected chi connectivity index (χ4v) is 4.77. The van der Waals surface area contributed by atoms with Crippen molar-refractivity contribution in [2.75, 3.05) is 18.4 Å². The molecule has 162 valence electrons. The van der Waals surface area contributed by atoms with Crippen molar-refractivity contribution in [2.45, 2.75) is 25.4 Å². The van der Waals surface area contributed by atoms with Crippen molar-refractivity contribution < 1.29 is 0 Å². The van der Waals surface area contributed by atoms with Crippen LogP contribution in [0.1, 0.15) is 18.4 Å². The van der Waals surface area contributed by atoms with Gasteiger partial charge in [-0.15, -0.1) is 0 Å². The van der Waals surface area contributed by atoms with Gasteiger partial charge in [0.05, 0.1) is 5.69 Å². The average Bonchev–Trinajstić information content (AvgIpc) is 3.18. The topological polar surface area (TPSA) is 45.5 Å². The van der Waals surface area contributed by atoms with E-state index in [9.17, 15) is 0 Å². The molecule has 1 saturated heterocycles. The Morgan fingerprint density at radius 3 is 2.59 bits per heavy atom. The van der Waals surface area contributed by atoms with Gasteiger partial charge >= 0.3 is 0 Å². The number of hydrogen-bond acceptors (Lipinski definition) is 4. The predicted octanol–water partition coefficient (Wildman–Crippen LogP) is 4.15. The molecule has 0 atom stereocenters. The SMILES string of the molecule is Bc1cnn2c(NC3CCN(Cc4ccc(Br)cc4)CC3)cc(-c3ccccc3Cl)nc12. The van der Waals surface area contributed by atoms with Gasteiger partial charge in [-0.05, 0) is 42.1 Å². The van der Waals surface area contributed by atoms with Crippen molar-refractivity contribution in [3.63, 3.8) is 0 Å². The summed E-state index contributed by atoms with van der Waals surface area (Å²) in [6.45, 7) is 3.13. The zero-order valence-electron chi connectivity index (χ0n) is 17.9. The molecular formula is C24H24BBrClN5. The summed E-state index contributed by atoms with van der Waals surface area (Å²) in [7, 11) is 2.04. The van der Waals surface area contributed by atoms with E-state index in [-0.39, 0.29) is 0 Å². The lowest BCUT2D eigenvalue weighted by atomic mass is 10.0. The van der Waals surface area contributed by atoms with Gasteiger partial charge in [-0.25, -0.2) is 4.98 Å². The molecule has 8 heteroatoms. The number of anilines is 1. The fraction of sp³-hybridized carbons (Fsp3) is 0.250. The molecule has 5 rings (SSSR count). The molecule has 0 bridgehead atoms. The Morgan fingerprint density at radius 1 is 1.09 bits per heavy atom. The summed E-state index contributed by atoms with van der Waals surface area (Å²) in [6, 6.07) is 18.9. The number of nitrogens with zero attached hydrogens (tertiary/aromatic N) is 4. The third kappa shape index (κ3) is 4.56. The van der Waals surface area contributed by atoms with E-state index in [0.717, 1.165) is 65.1 Å². The van der Waals surface area contributed by atoms with E-state index in [1.807, 2.05) is 42.8 Å². The number of aromatic nitrogens is 3. The molecule has 0 saturated carbocycles. The summed E-state index contributed by atoms with van der Waals surface area (Å²) in [4.78, 5) is 7.37. The van der Waals surface area contributed by atoms with Crippen LogP contribution in [0.2, 0.25) is 5.02 Å². The van der Waals surface area contributed by atoms with Gasteiger partial charge in [-0.1, -0.05) is 57.9 Å².